The van der Waals surface area contributed by atoms with Gasteiger partial charge in [0.25, 0.3) is 0 Å². The Bertz CT molecular complexity index is 658. The highest BCUT2D eigenvalue weighted by molar-refractivity contribution is 6.56. The van der Waals surface area contributed by atoms with Gasteiger partial charge in [-0.15, -0.1) is 0 Å². The van der Waals surface area contributed by atoms with Gasteiger partial charge in [0, 0.05) is 6.54 Å². The summed E-state index contributed by atoms with van der Waals surface area (Å²) in [6.45, 7) is 8.24. The third-order valence-electron chi connectivity index (χ3n) is 4.59. The predicted octanol–water partition coefficient (Wildman–Crippen LogP) is 4.59. The highest BCUT2D eigenvalue weighted by Gasteiger charge is 2.52. The van der Waals surface area contributed by atoms with Crippen molar-refractivity contribution >= 4 is 24.8 Å². The van der Waals surface area contributed by atoms with Crippen LogP contribution < -0.4 is 5.32 Å². The molecule has 0 spiro atoms. The van der Waals surface area contributed by atoms with Crippen LogP contribution in [0.3, 0.4) is 0 Å². The predicted molar refractivity (Wildman–Crippen MR) is 94.4 cm³/mol. The lowest BCUT2D eigenvalue weighted by Crippen LogP contribution is -2.41. The van der Waals surface area contributed by atoms with E-state index in [1.54, 1.807) is 13.1 Å². The van der Waals surface area contributed by atoms with Crippen molar-refractivity contribution in [2.24, 2.45) is 0 Å². The third kappa shape index (κ3) is 4.40. The molecule has 0 radical (unpaired) electrons. The van der Waals surface area contributed by atoms with Gasteiger partial charge in [-0.3, -0.25) is 0 Å². The first-order valence-electron chi connectivity index (χ1n) is 7.95. The molecule has 138 valence electrons. The van der Waals surface area contributed by atoms with Crippen LogP contribution in [0.15, 0.2) is 23.7 Å². The molecule has 1 aromatic carbocycles. The van der Waals surface area contributed by atoms with Crippen LogP contribution >= 0.6 is 11.6 Å². The van der Waals surface area contributed by atoms with E-state index in [2.05, 4.69) is 5.32 Å². The number of nitrogens with one attached hydrogen (secondary N) is 1. The van der Waals surface area contributed by atoms with Crippen molar-refractivity contribution in [1.29, 1.82) is 0 Å². The van der Waals surface area contributed by atoms with Gasteiger partial charge in [-0.2, -0.15) is 13.2 Å². The zero-order valence-corrected chi connectivity index (χ0v) is 15.7. The van der Waals surface area contributed by atoms with Crippen LogP contribution in [0.5, 0.6) is 0 Å². The first-order chi connectivity index (χ1) is 11.4. The standard InChI is InChI=1S/C17H22BClF3NO2/c1-15(2)16(3,4)25-18(24-15)12(10-23-5)8-11-6-7-13(14(19)9-11)17(20,21)22/h6-9,23H,10H2,1-5H3. The SMILES string of the molecule is CNCC(=Cc1ccc(C(F)(F)F)c(Cl)c1)B1OC(C)(C)C(C)(C)O1. The summed E-state index contributed by atoms with van der Waals surface area (Å²) in [5.41, 5.74) is -0.517. The van der Waals surface area contributed by atoms with E-state index in [1.165, 1.54) is 12.1 Å². The summed E-state index contributed by atoms with van der Waals surface area (Å²) in [4.78, 5) is 0. The van der Waals surface area contributed by atoms with Crippen molar-refractivity contribution in [2.45, 2.75) is 45.1 Å². The minimum absolute atomic E-state index is 0.334. The zero-order valence-electron chi connectivity index (χ0n) is 14.9. The summed E-state index contributed by atoms with van der Waals surface area (Å²) >= 11 is 5.80. The third-order valence-corrected chi connectivity index (χ3v) is 4.90. The van der Waals surface area contributed by atoms with Crippen molar-refractivity contribution in [3.05, 3.63) is 39.8 Å². The average molecular weight is 376 g/mol. The smallest absolute Gasteiger partial charge is 0.400 e. The minimum Gasteiger partial charge on any atom is -0.400 e. The van der Waals surface area contributed by atoms with Gasteiger partial charge >= 0.3 is 13.3 Å². The molecule has 0 unspecified atom stereocenters. The monoisotopic (exact) mass is 375 g/mol. The van der Waals surface area contributed by atoms with Gasteiger partial charge in [-0.25, -0.2) is 0 Å². The molecule has 0 amide bonds. The van der Waals surface area contributed by atoms with Crippen LogP contribution in [0.4, 0.5) is 13.2 Å². The molecule has 1 N–H and O–H groups in total. The molecule has 0 saturated carbocycles. The summed E-state index contributed by atoms with van der Waals surface area (Å²) in [5.74, 6) is 0. The van der Waals surface area contributed by atoms with Gasteiger partial charge in [0.05, 0.1) is 21.8 Å². The number of rotatable bonds is 4. The zero-order chi connectivity index (χ0) is 19.0. The molecule has 1 aromatic rings. The Balaban J connectivity index is 2.34. The second-order valence-corrected chi connectivity index (χ2v) is 7.48. The summed E-state index contributed by atoms with van der Waals surface area (Å²) in [5, 5.41) is 2.69. The lowest BCUT2D eigenvalue weighted by molar-refractivity contribution is -0.137. The second kappa shape index (κ2) is 6.95. The van der Waals surface area contributed by atoms with Crippen LogP contribution in [0.1, 0.15) is 38.8 Å². The van der Waals surface area contributed by atoms with Gasteiger partial charge in [0.15, 0.2) is 0 Å². The molecule has 25 heavy (non-hydrogen) atoms. The maximum atomic E-state index is 12.8. The van der Waals surface area contributed by atoms with Crippen molar-refractivity contribution in [3.63, 3.8) is 0 Å². The first kappa shape index (κ1) is 20.3. The normalized spacial score (nSPS) is 20.2. The summed E-state index contributed by atoms with van der Waals surface area (Å²) < 4.78 is 50.5. The second-order valence-electron chi connectivity index (χ2n) is 7.07. The fourth-order valence-electron chi connectivity index (χ4n) is 2.47. The van der Waals surface area contributed by atoms with Crippen molar-refractivity contribution in [2.75, 3.05) is 13.6 Å². The number of halogens is 4. The van der Waals surface area contributed by atoms with Crippen molar-refractivity contribution in [3.8, 4) is 0 Å². The fourth-order valence-corrected chi connectivity index (χ4v) is 2.76. The van der Waals surface area contributed by atoms with E-state index in [-0.39, 0.29) is 5.02 Å². The lowest BCUT2D eigenvalue weighted by Gasteiger charge is -2.32. The Morgan fingerprint density at radius 1 is 1.20 bits per heavy atom. The lowest BCUT2D eigenvalue weighted by atomic mass is 9.77. The fraction of sp³-hybridized carbons (Fsp3) is 0.529. The van der Waals surface area contributed by atoms with E-state index >= 15 is 0 Å². The van der Waals surface area contributed by atoms with Gasteiger partial charge in [0.2, 0.25) is 0 Å². The molecule has 0 atom stereocenters. The molecule has 2 rings (SSSR count). The van der Waals surface area contributed by atoms with Crippen molar-refractivity contribution < 1.29 is 22.5 Å². The molecule has 8 heteroatoms. The van der Waals surface area contributed by atoms with E-state index in [4.69, 9.17) is 20.9 Å². The Kier molecular flexibility index (Phi) is 5.64. The van der Waals surface area contributed by atoms with Crippen LogP contribution in [-0.4, -0.2) is 31.9 Å². The maximum Gasteiger partial charge on any atom is 0.491 e. The molecule has 1 aliphatic heterocycles. The van der Waals surface area contributed by atoms with Crippen molar-refractivity contribution in [1.82, 2.24) is 5.32 Å². The van der Waals surface area contributed by atoms with Gasteiger partial charge in [0.1, 0.15) is 0 Å². The van der Waals surface area contributed by atoms with E-state index in [0.29, 0.717) is 12.1 Å². The quantitative estimate of drug-likeness (QED) is 0.781. The molecule has 3 nitrogen and oxygen atoms in total. The number of likely N-dealkylation sites (N-methyl/N-ethyl adjacent to an activating group) is 1. The van der Waals surface area contributed by atoms with Crippen LogP contribution in [0.25, 0.3) is 6.08 Å². The highest BCUT2D eigenvalue weighted by atomic mass is 35.5. The molecule has 0 aromatic heterocycles. The summed E-state index contributed by atoms with van der Waals surface area (Å²) in [7, 11) is 1.19. The first-order valence-corrected chi connectivity index (χ1v) is 8.32. The van der Waals surface area contributed by atoms with E-state index in [1.807, 2.05) is 27.7 Å². The molecule has 0 aliphatic carbocycles. The number of hydrogen-bond acceptors (Lipinski definition) is 3. The van der Waals surface area contributed by atoms with Crippen LogP contribution in [0.2, 0.25) is 5.02 Å². The summed E-state index contributed by atoms with van der Waals surface area (Å²) in [6.07, 6.45) is -2.73. The highest BCUT2D eigenvalue weighted by Crippen LogP contribution is 2.39. The molecule has 0 bridgehead atoms. The van der Waals surface area contributed by atoms with Crippen LogP contribution in [-0.2, 0) is 15.5 Å². The number of benzene rings is 1. The Hall–Kier alpha value is -1.02. The molecule has 1 aliphatic rings. The average Bonchev–Trinajstić information content (AvgIpc) is 2.65. The number of alkyl halides is 3. The molecule has 1 saturated heterocycles. The van der Waals surface area contributed by atoms with Gasteiger partial charge < -0.3 is 14.6 Å². The maximum absolute atomic E-state index is 12.8. The van der Waals surface area contributed by atoms with Gasteiger partial charge in [-0.05, 0) is 57.9 Å². The molecule has 1 heterocycles. The Labute approximate surface area is 151 Å². The minimum atomic E-state index is -4.47. The van der Waals surface area contributed by atoms with E-state index in [9.17, 15) is 13.2 Å². The molecular formula is C17H22BClF3NO2. The summed E-state index contributed by atoms with van der Waals surface area (Å²) in [6, 6.07) is 3.66. The Morgan fingerprint density at radius 3 is 2.20 bits per heavy atom. The molecular weight excluding hydrogens is 353 g/mol. The topological polar surface area (TPSA) is 30.5 Å². The largest absolute Gasteiger partial charge is 0.491 e. The Morgan fingerprint density at radius 2 is 1.76 bits per heavy atom. The van der Waals surface area contributed by atoms with Crippen LogP contribution in [0, 0.1) is 0 Å². The van der Waals surface area contributed by atoms with E-state index in [0.717, 1.165) is 11.5 Å². The number of hydrogen-bond donors (Lipinski definition) is 1. The van der Waals surface area contributed by atoms with Gasteiger partial charge in [-0.1, -0.05) is 23.7 Å². The molecule has 1 fully saturated rings. The van der Waals surface area contributed by atoms with E-state index < -0.39 is 30.1 Å².